The highest BCUT2D eigenvalue weighted by molar-refractivity contribution is 5.93. The van der Waals surface area contributed by atoms with Crippen molar-refractivity contribution in [3.05, 3.63) is 11.4 Å². The molecule has 0 radical (unpaired) electrons. The molecule has 24 heavy (non-hydrogen) atoms. The van der Waals surface area contributed by atoms with E-state index < -0.39 is 5.60 Å². The molecule has 134 valence electrons. The number of β-amino-alcohol motifs (C(OH)–C–C–N with tert-alkyl or cyclic N) is 1. The van der Waals surface area contributed by atoms with E-state index in [-0.39, 0.29) is 12.4 Å². The largest absolute Gasteiger partial charge is 0.483 e. The van der Waals surface area contributed by atoms with Crippen LogP contribution in [0, 0.1) is 6.92 Å². The molecule has 1 aromatic rings. The summed E-state index contributed by atoms with van der Waals surface area (Å²) < 4.78 is 0. The van der Waals surface area contributed by atoms with Gasteiger partial charge < -0.3 is 20.0 Å². The maximum atomic E-state index is 12.3. The van der Waals surface area contributed by atoms with Crippen molar-refractivity contribution < 1.29 is 19.8 Å². The molecule has 2 saturated heterocycles. The molecule has 1 amide bonds. The van der Waals surface area contributed by atoms with Crippen molar-refractivity contribution in [3.8, 4) is 0 Å². The molecule has 0 aliphatic carbocycles. The zero-order chi connectivity index (χ0) is 17.6. The van der Waals surface area contributed by atoms with Gasteiger partial charge in [0.05, 0.1) is 11.3 Å². The number of carboxylic acid groups (broad SMARTS) is 1. The third kappa shape index (κ3) is 4.51. The van der Waals surface area contributed by atoms with Crippen LogP contribution in [0.2, 0.25) is 0 Å². The van der Waals surface area contributed by atoms with E-state index in [0.29, 0.717) is 37.3 Å². The van der Waals surface area contributed by atoms with Crippen molar-refractivity contribution in [2.75, 3.05) is 32.7 Å². The average molecular weight is 339 g/mol. The monoisotopic (exact) mass is 339 g/mol. The van der Waals surface area contributed by atoms with Crippen LogP contribution in [0.3, 0.4) is 0 Å². The van der Waals surface area contributed by atoms with E-state index in [2.05, 4.69) is 20.3 Å². The Morgan fingerprint density at radius 1 is 1.25 bits per heavy atom. The smallest absolute Gasteiger partial charge is 0.290 e. The first kappa shape index (κ1) is 18.3. The van der Waals surface area contributed by atoms with Crippen LogP contribution in [0.25, 0.3) is 0 Å². The molecule has 2 aliphatic rings. The molecule has 2 aliphatic heterocycles. The Hall–Kier alpha value is -2.00. The van der Waals surface area contributed by atoms with Crippen LogP contribution in [0.15, 0.2) is 0 Å². The summed E-state index contributed by atoms with van der Waals surface area (Å²) in [5.74, 6) is -0.0931. The molecule has 0 saturated carbocycles. The number of aryl methyl sites for hydroxylation is 1. The number of aromatic amines is 1. The second-order valence-corrected chi connectivity index (χ2v) is 6.36. The van der Waals surface area contributed by atoms with Crippen molar-refractivity contribution in [2.24, 2.45) is 0 Å². The van der Waals surface area contributed by atoms with Gasteiger partial charge in [-0.1, -0.05) is 0 Å². The Balaban J connectivity index is 0.000000647. The van der Waals surface area contributed by atoms with E-state index in [9.17, 15) is 9.90 Å². The van der Waals surface area contributed by atoms with Gasteiger partial charge in [-0.2, -0.15) is 15.4 Å². The number of hydrogen-bond donors (Lipinski definition) is 3. The normalized spacial score (nSPS) is 20.3. The van der Waals surface area contributed by atoms with E-state index in [4.69, 9.17) is 9.90 Å². The zero-order valence-electron chi connectivity index (χ0n) is 13.9. The van der Waals surface area contributed by atoms with Crippen molar-refractivity contribution in [3.63, 3.8) is 0 Å². The minimum Gasteiger partial charge on any atom is -0.483 e. The molecular formula is C15H25N5O4. The van der Waals surface area contributed by atoms with E-state index in [0.717, 1.165) is 19.6 Å². The SMILES string of the molecule is Cc1n[nH]nc1C(=O)N1CCC(O)(CN2CCCC2)CC1.O=CO. The minimum absolute atomic E-state index is 0.0931. The lowest BCUT2D eigenvalue weighted by Crippen LogP contribution is -2.51. The highest BCUT2D eigenvalue weighted by Gasteiger charge is 2.36. The zero-order valence-corrected chi connectivity index (χ0v) is 13.9. The quantitative estimate of drug-likeness (QED) is 0.656. The molecule has 0 aromatic carbocycles. The predicted molar refractivity (Wildman–Crippen MR) is 85.6 cm³/mol. The van der Waals surface area contributed by atoms with Gasteiger partial charge in [-0.15, -0.1) is 0 Å². The minimum atomic E-state index is -0.653. The third-order valence-electron chi connectivity index (χ3n) is 4.62. The summed E-state index contributed by atoms with van der Waals surface area (Å²) in [6, 6.07) is 0. The highest BCUT2D eigenvalue weighted by atomic mass is 16.3. The Labute approximate surface area is 140 Å². The van der Waals surface area contributed by atoms with Crippen LogP contribution >= 0.6 is 0 Å². The number of aromatic nitrogens is 3. The summed E-state index contributed by atoms with van der Waals surface area (Å²) in [6.45, 7) is 5.58. The fraction of sp³-hybridized carbons (Fsp3) is 0.733. The number of amides is 1. The second-order valence-electron chi connectivity index (χ2n) is 6.36. The summed E-state index contributed by atoms with van der Waals surface area (Å²) in [5.41, 5.74) is 0.359. The van der Waals surface area contributed by atoms with Gasteiger partial charge in [-0.05, 0) is 45.7 Å². The molecular weight excluding hydrogens is 314 g/mol. The third-order valence-corrected chi connectivity index (χ3v) is 4.62. The first-order valence-corrected chi connectivity index (χ1v) is 8.18. The number of hydrogen-bond acceptors (Lipinski definition) is 6. The van der Waals surface area contributed by atoms with Gasteiger partial charge in [-0.3, -0.25) is 9.59 Å². The number of likely N-dealkylation sites (tertiary alicyclic amines) is 2. The molecule has 3 heterocycles. The van der Waals surface area contributed by atoms with Gasteiger partial charge in [0.2, 0.25) is 0 Å². The molecule has 9 heteroatoms. The summed E-state index contributed by atoms with van der Waals surface area (Å²) in [4.78, 5) is 24.8. The van der Waals surface area contributed by atoms with E-state index >= 15 is 0 Å². The second kappa shape index (κ2) is 8.20. The van der Waals surface area contributed by atoms with Crippen molar-refractivity contribution >= 4 is 12.4 Å². The van der Waals surface area contributed by atoms with Crippen molar-refractivity contribution in [2.45, 2.75) is 38.2 Å². The van der Waals surface area contributed by atoms with Gasteiger partial charge in [0.1, 0.15) is 0 Å². The Morgan fingerprint density at radius 3 is 2.33 bits per heavy atom. The van der Waals surface area contributed by atoms with Crippen molar-refractivity contribution in [1.29, 1.82) is 0 Å². The Bertz CT molecular complexity index is 548. The maximum absolute atomic E-state index is 12.3. The molecule has 0 bridgehead atoms. The number of carbonyl (C=O) groups is 2. The van der Waals surface area contributed by atoms with Crippen LogP contribution in [-0.4, -0.2) is 86.1 Å². The molecule has 0 spiro atoms. The highest BCUT2D eigenvalue weighted by Crippen LogP contribution is 2.25. The first-order chi connectivity index (χ1) is 11.5. The number of piperidine rings is 1. The Kier molecular flexibility index (Phi) is 6.27. The lowest BCUT2D eigenvalue weighted by Gasteiger charge is -2.40. The maximum Gasteiger partial charge on any atom is 0.290 e. The fourth-order valence-electron chi connectivity index (χ4n) is 3.28. The fourth-order valence-corrected chi connectivity index (χ4v) is 3.28. The molecule has 0 unspecified atom stereocenters. The number of nitrogens with zero attached hydrogens (tertiary/aromatic N) is 4. The summed E-state index contributed by atoms with van der Waals surface area (Å²) >= 11 is 0. The van der Waals surface area contributed by atoms with Crippen LogP contribution < -0.4 is 0 Å². The van der Waals surface area contributed by atoms with E-state index in [1.165, 1.54) is 12.8 Å². The number of nitrogens with one attached hydrogen (secondary N) is 1. The molecule has 1 aromatic heterocycles. The summed E-state index contributed by atoms with van der Waals surface area (Å²) in [7, 11) is 0. The van der Waals surface area contributed by atoms with E-state index in [1.807, 2.05) is 0 Å². The van der Waals surface area contributed by atoms with Crippen molar-refractivity contribution in [1.82, 2.24) is 25.2 Å². The number of H-pyrrole nitrogens is 1. The van der Waals surface area contributed by atoms with Crippen LogP contribution in [0.4, 0.5) is 0 Å². The first-order valence-electron chi connectivity index (χ1n) is 8.18. The topological polar surface area (TPSA) is 123 Å². The van der Waals surface area contributed by atoms with Gasteiger partial charge in [-0.25, -0.2) is 0 Å². The molecule has 0 atom stereocenters. The molecule has 9 nitrogen and oxygen atoms in total. The standard InChI is InChI=1S/C14H23N5O2.CH2O2/c1-11-12(16-17-15-11)13(20)19-8-4-14(21,5-9-19)10-18-6-2-3-7-18;2-1-3/h21H,2-10H2,1H3,(H,15,16,17);1H,(H,2,3). The van der Waals surface area contributed by atoms with Gasteiger partial charge in [0, 0.05) is 19.6 Å². The van der Waals surface area contributed by atoms with E-state index in [1.54, 1.807) is 11.8 Å². The Morgan fingerprint density at radius 2 is 1.83 bits per heavy atom. The number of aliphatic hydroxyl groups is 1. The molecule has 3 N–H and O–H groups in total. The average Bonchev–Trinajstić information content (AvgIpc) is 3.19. The number of rotatable bonds is 3. The lowest BCUT2D eigenvalue weighted by molar-refractivity contribution is -0.122. The molecule has 3 rings (SSSR count). The van der Waals surface area contributed by atoms with Crippen LogP contribution in [0.1, 0.15) is 41.9 Å². The van der Waals surface area contributed by atoms with Crippen LogP contribution in [0.5, 0.6) is 0 Å². The number of carbonyl (C=O) groups excluding carboxylic acids is 1. The van der Waals surface area contributed by atoms with Gasteiger partial charge in [0.25, 0.3) is 12.4 Å². The summed E-state index contributed by atoms with van der Waals surface area (Å²) in [5, 5.41) is 27.9. The molecule has 2 fully saturated rings. The van der Waals surface area contributed by atoms with Gasteiger partial charge in [0.15, 0.2) is 5.69 Å². The summed E-state index contributed by atoms with van der Waals surface area (Å²) in [6.07, 6.45) is 3.72. The lowest BCUT2D eigenvalue weighted by atomic mass is 9.90. The van der Waals surface area contributed by atoms with Crippen LogP contribution in [-0.2, 0) is 4.79 Å². The van der Waals surface area contributed by atoms with Gasteiger partial charge >= 0.3 is 0 Å². The predicted octanol–water partition coefficient (Wildman–Crippen LogP) is -0.123.